The number of sulfonamides is 1. The van der Waals surface area contributed by atoms with Crippen molar-refractivity contribution in [3.63, 3.8) is 0 Å². The van der Waals surface area contributed by atoms with E-state index in [1.807, 2.05) is 52.9 Å². The lowest BCUT2D eigenvalue weighted by Crippen LogP contribution is -2.27. The van der Waals surface area contributed by atoms with E-state index in [9.17, 15) is 13.2 Å². The molecule has 37 heavy (non-hydrogen) atoms. The Labute approximate surface area is 214 Å². The fourth-order valence-corrected chi connectivity index (χ4v) is 6.44. The molecule has 0 saturated carbocycles. The number of carbonyl (C=O) groups excluding carboxylic acids is 1. The first kappa shape index (κ1) is 23.2. The number of nitrogen functional groups attached to an aromatic ring is 1. The molecule has 4 aromatic rings. The standard InChI is InChI=1S/C27H26N6O3S/c1-31-24(19-9-11-21(12-10-19)33-15-4-16-37(33,35)36)22(23-25(28)29-17-30-26(23)31)18-5-7-20(8-6-18)27(34)32-13-2-3-14-32/h4-12,16-17H,2-3,13-15H2,1H3,(H2,28,29,30). The highest BCUT2D eigenvalue weighted by molar-refractivity contribution is 7.95. The Morgan fingerprint density at radius 2 is 1.62 bits per heavy atom. The minimum Gasteiger partial charge on any atom is -0.383 e. The summed E-state index contributed by atoms with van der Waals surface area (Å²) in [7, 11) is -1.52. The molecular weight excluding hydrogens is 488 g/mol. The molecule has 6 rings (SSSR count). The minimum atomic E-state index is -3.44. The van der Waals surface area contributed by atoms with Crippen LogP contribution < -0.4 is 10.0 Å². The number of aryl methyl sites for hydroxylation is 1. The molecule has 0 radical (unpaired) electrons. The Morgan fingerprint density at radius 1 is 0.946 bits per heavy atom. The van der Waals surface area contributed by atoms with Crippen LogP contribution in [0.5, 0.6) is 0 Å². The van der Waals surface area contributed by atoms with Crippen molar-refractivity contribution in [3.05, 3.63) is 71.9 Å². The summed E-state index contributed by atoms with van der Waals surface area (Å²) >= 11 is 0. The fourth-order valence-electron chi connectivity index (χ4n) is 5.25. The number of rotatable bonds is 4. The Bertz CT molecular complexity index is 1650. The number of aromatic nitrogens is 3. The molecule has 0 atom stereocenters. The molecule has 4 heterocycles. The number of nitrogens with zero attached hydrogens (tertiary/aromatic N) is 5. The molecule has 2 aliphatic rings. The van der Waals surface area contributed by atoms with Crippen LogP contribution in [0.4, 0.5) is 11.5 Å². The first-order valence-corrected chi connectivity index (χ1v) is 13.6. The maximum absolute atomic E-state index is 12.9. The van der Waals surface area contributed by atoms with Gasteiger partial charge in [-0.2, -0.15) is 0 Å². The molecular formula is C27H26N6O3S. The predicted molar refractivity (Wildman–Crippen MR) is 144 cm³/mol. The van der Waals surface area contributed by atoms with Crippen LogP contribution in [0.25, 0.3) is 33.4 Å². The molecule has 2 N–H and O–H groups in total. The average Bonchev–Trinajstić information content (AvgIpc) is 3.63. The summed E-state index contributed by atoms with van der Waals surface area (Å²) in [4.78, 5) is 23.5. The van der Waals surface area contributed by atoms with Gasteiger partial charge in [-0.25, -0.2) is 18.4 Å². The fraction of sp³-hybridized carbons (Fsp3) is 0.222. The smallest absolute Gasteiger partial charge is 0.257 e. The van der Waals surface area contributed by atoms with Gasteiger partial charge in [0.1, 0.15) is 17.8 Å². The van der Waals surface area contributed by atoms with Gasteiger partial charge in [-0.05, 0) is 48.2 Å². The minimum absolute atomic E-state index is 0.0481. The SMILES string of the molecule is Cn1c(-c2ccc(N3CC=CS3(=O)=O)cc2)c(-c2ccc(C(=O)N3CCCC3)cc2)c2c(N)ncnc21. The van der Waals surface area contributed by atoms with E-state index in [4.69, 9.17) is 5.73 Å². The Hall–Kier alpha value is -4.18. The number of amides is 1. The van der Waals surface area contributed by atoms with Gasteiger partial charge in [0.15, 0.2) is 0 Å². The number of anilines is 2. The first-order valence-electron chi connectivity index (χ1n) is 12.1. The summed E-state index contributed by atoms with van der Waals surface area (Å²) in [5, 5.41) is 1.96. The summed E-state index contributed by atoms with van der Waals surface area (Å²) in [5.74, 6) is 0.414. The number of hydrogen-bond acceptors (Lipinski definition) is 6. The van der Waals surface area contributed by atoms with Crippen molar-refractivity contribution in [1.29, 1.82) is 0 Å². The van der Waals surface area contributed by atoms with Crippen LogP contribution in [0.15, 0.2) is 66.3 Å². The van der Waals surface area contributed by atoms with Crippen LogP contribution in [0.1, 0.15) is 23.2 Å². The van der Waals surface area contributed by atoms with E-state index in [0.717, 1.165) is 53.7 Å². The number of hydrogen-bond donors (Lipinski definition) is 1. The van der Waals surface area contributed by atoms with Crippen molar-refractivity contribution in [2.24, 2.45) is 7.05 Å². The van der Waals surface area contributed by atoms with Crippen molar-refractivity contribution in [2.75, 3.05) is 29.7 Å². The van der Waals surface area contributed by atoms with E-state index in [1.54, 1.807) is 18.2 Å². The van der Waals surface area contributed by atoms with Crippen LogP contribution in [-0.2, 0) is 17.1 Å². The average molecular weight is 515 g/mol. The molecule has 0 bridgehead atoms. The van der Waals surface area contributed by atoms with E-state index in [1.165, 1.54) is 16.0 Å². The van der Waals surface area contributed by atoms with Gasteiger partial charge in [-0.15, -0.1) is 0 Å². The third kappa shape index (κ3) is 3.84. The van der Waals surface area contributed by atoms with E-state index in [-0.39, 0.29) is 5.91 Å². The molecule has 2 aromatic heterocycles. The lowest BCUT2D eigenvalue weighted by molar-refractivity contribution is 0.0793. The number of fused-ring (bicyclic) bond motifs is 1. The van der Waals surface area contributed by atoms with Crippen molar-refractivity contribution >= 4 is 38.5 Å². The molecule has 2 aliphatic heterocycles. The second kappa shape index (κ2) is 8.74. The van der Waals surface area contributed by atoms with Gasteiger partial charge in [-0.3, -0.25) is 9.10 Å². The normalized spacial score (nSPS) is 16.7. The zero-order valence-corrected chi connectivity index (χ0v) is 21.1. The molecule has 2 aromatic carbocycles. The topological polar surface area (TPSA) is 114 Å². The molecule has 0 spiro atoms. The van der Waals surface area contributed by atoms with Gasteiger partial charge >= 0.3 is 0 Å². The largest absolute Gasteiger partial charge is 0.383 e. The Kier molecular flexibility index (Phi) is 5.49. The van der Waals surface area contributed by atoms with Crippen LogP contribution in [0.3, 0.4) is 0 Å². The lowest BCUT2D eigenvalue weighted by atomic mass is 9.97. The summed E-state index contributed by atoms with van der Waals surface area (Å²) in [6.45, 7) is 1.91. The molecule has 1 fully saturated rings. The van der Waals surface area contributed by atoms with Crippen molar-refractivity contribution < 1.29 is 13.2 Å². The van der Waals surface area contributed by atoms with Gasteiger partial charge in [0.2, 0.25) is 0 Å². The highest BCUT2D eigenvalue weighted by Crippen LogP contribution is 2.42. The first-order chi connectivity index (χ1) is 17.8. The predicted octanol–water partition coefficient (Wildman–Crippen LogP) is 3.78. The van der Waals surface area contributed by atoms with Crippen molar-refractivity contribution in [1.82, 2.24) is 19.4 Å². The van der Waals surface area contributed by atoms with Crippen LogP contribution >= 0.6 is 0 Å². The van der Waals surface area contributed by atoms with Crippen LogP contribution in [0.2, 0.25) is 0 Å². The zero-order chi connectivity index (χ0) is 25.7. The summed E-state index contributed by atoms with van der Waals surface area (Å²) in [5.41, 5.74) is 11.8. The Morgan fingerprint density at radius 3 is 2.27 bits per heavy atom. The maximum Gasteiger partial charge on any atom is 0.257 e. The van der Waals surface area contributed by atoms with Crippen molar-refractivity contribution in [2.45, 2.75) is 12.8 Å². The van der Waals surface area contributed by atoms with E-state index in [0.29, 0.717) is 29.3 Å². The molecule has 1 amide bonds. The lowest BCUT2D eigenvalue weighted by Gasteiger charge is -2.17. The molecule has 0 aliphatic carbocycles. The number of carbonyl (C=O) groups is 1. The molecule has 0 unspecified atom stereocenters. The third-order valence-electron chi connectivity index (χ3n) is 7.09. The van der Waals surface area contributed by atoms with Crippen LogP contribution in [-0.4, -0.2) is 53.4 Å². The molecule has 10 heteroatoms. The maximum atomic E-state index is 12.9. The van der Waals surface area contributed by atoms with Gasteiger partial charge < -0.3 is 15.2 Å². The summed E-state index contributed by atoms with van der Waals surface area (Å²) in [6.07, 6.45) is 5.16. The number of benzene rings is 2. The van der Waals surface area contributed by atoms with Gasteiger partial charge in [0, 0.05) is 36.7 Å². The Balaban J connectivity index is 1.45. The number of nitrogens with two attached hydrogens (primary N) is 1. The molecule has 9 nitrogen and oxygen atoms in total. The van der Waals surface area contributed by atoms with Gasteiger partial charge in [0.05, 0.1) is 23.3 Å². The summed E-state index contributed by atoms with van der Waals surface area (Å²) < 4.78 is 27.9. The highest BCUT2D eigenvalue weighted by atomic mass is 32.2. The molecule has 1 saturated heterocycles. The third-order valence-corrected chi connectivity index (χ3v) is 8.60. The second-order valence-electron chi connectivity index (χ2n) is 9.31. The quantitative estimate of drug-likeness (QED) is 0.443. The zero-order valence-electron chi connectivity index (χ0n) is 20.3. The second-order valence-corrected chi connectivity index (χ2v) is 11.1. The van der Waals surface area contributed by atoms with E-state index >= 15 is 0 Å². The number of likely N-dealkylation sites (tertiary alicyclic amines) is 1. The van der Waals surface area contributed by atoms with Crippen LogP contribution in [0, 0.1) is 0 Å². The van der Waals surface area contributed by atoms with E-state index < -0.39 is 10.0 Å². The molecule has 188 valence electrons. The highest BCUT2D eigenvalue weighted by Gasteiger charge is 2.26. The summed E-state index contributed by atoms with van der Waals surface area (Å²) in [6, 6.07) is 15.0. The van der Waals surface area contributed by atoms with Crippen molar-refractivity contribution in [3.8, 4) is 22.4 Å². The van der Waals surface area contributed by atoms with E-state index in [2.05, 4.69) is 9.97 Å². The monoisotopic (exact) mass is 514 g/mol. The van der Waals surface area contributed by atoms with Gasteiger partial charge in [0.25, 0.3) is 15.9 Å². The van der Waals surface area contributed by atoms with Gasteiger partial charge in [-0.1, -0.05) is 30.3 Å².